The second kappa shape index (κ2) is 3.53. The number of hydrogen-bond acceptors (Lipinski definition) is 3. The van der Waals surface area contributed by atoms with Crippen molar-refractivity contribution < 1.29 is 4.74 Å². The molecule has 1 heterocycles. The first-order chi connectivity index (χ1) is 5.09. The average Bonchev–Trinajstić information content (AvgIpc) is 2.09. The summed E-state index contributed by atoms with van der Waals surface area (Å²) in [5.41, 5.74) is 6.52. The van der Waals surface area contributed by atoms with Crippen LogP contribution in [-0.4, -0.2) is 6.23 Å². The van der Waals surface area contributed by atoms with Crippen molar-refractivity contribution >= 4 is 19.5 Å². The Bertz CT molecular complexity index is 247. The van der Waals surface area contributed by atoms with Crippen LogP contribution >= 0.6 is 19.5 Å². The Morgan fingerprint density at radius 1 is 1.55 bits per heavy atom. The third kappa shape index (κ3) is 2.44. The minimum atomic E-state index is -0.195. The predicted molar refractivity (Wildman–Crippen MR) is 50.6 cm³/mol. The SMILES string of the molecule is Cc1pc(OC(C)N)c(C)s1. The molecule has 1 rings (SSSR count). The molecule has 0 aliphatic rings. The van der Waals surface area contributed by atoms with Crippen molar-refractivity contribution in [2.75, 3.05) is 0 Å². The Morgan fingerprint density at radius 2 is 2.18 bits per heavy atom. The van der Waals surface area contributed by atoms with Gasteiger partial charge in [0.1, 0.15) is 6.23 Å². The molecular weight excluding hydrogens is 177 g/mol. The molecule has 4 heteroatoms. The van der Waals surface area contributed by atoms with Gasteiger partial charge in [0.25, 0.3) is 0 Å². The van der Waals surface area contributed by atoms with Crippen LogP contribution in [0.3, 0.4) is 0 Å². The summed E-state index contributed by atoms with van der Waals surface area (Å²) in [5, 5.41) is 0. The van der Waals surface area contributed by atoms with E-state index < -0.39 is 0 Å². The monoisotopic (exact) mass is 189 g/mol. The summed E-state index contributed by atoms with van der Waals surface area (Å²) in [4.78, 5) is 1.24. The van der Waals surface area contributed by atoms with Crippen molar-refractivity contribution in [1.29, 1.82) is 0 Å². The van der Waals surface area contributed by atoms with Gasteiger partial charge in [-0.1, -0.05) is 0 Å². The van der Waals surface area contributed by atoms with E-state index in [0.29, 0.717) is 0 Å². The van der Waals surface area contributed by atoms with Crippen molar-refractivity contribution in [3.63, 3.8) is 0 Å². The first-order valence-corrected chi connectivity index (χ1v) is 5.17. The van der Waals surface area contributed by atoms with Gasteiger partial charge in [-0.25, -0.2) is 0 Å². The summed E-state index contributed by atoms with van der Waals surface area (Å²) in [6, 6.07) is 0. The molecule has 0 spiro atoms. The Balaban J connectivity index is 2.77. The molecule has 1 aromatic rings. The second-order valence-corrected chi connectivity index (χ2v) is 5.45. The van der Waals surface area contributed by atoms with Crippen LogP contribution in [0.1, 0.15) is 16.4 Å². The third-order valence-electron chi connectivity index (χ3n) is 1.16. The molecule has 0 fully saturated rings. The Morgan fingerprint density at radius 3 is 2.55 bits per heavy atom. The van der Waals surface area contributed by atoms with Crippen LogP contribution in [-0.2, 0) is 0 Å². The molecule has 1 unspecified atom stereocenters. The maximum absolute atomic E-state index is 5.50. The van der Waals surface area contributed by atoms with Gasteiger partial charge < -0.3 is 4.74 Å². The van der Waals surface area contributed by atoms with Gasteiger partial charge in [-0.15, -0.1) is 11.3 Å². The summed E-state index contributed by atoms with van der Waals surface area (Å²) in [7, 11) is 1.18. The summed E-state index contributed by atoms with van der Waals surface area (Å²) in [5.74, 6) is 0. The topological polar surface area (TPSA) is 35.2 Å². The Hall–Kier alpha value is -0.110. The van der Waals surface area contributed by atoms with E-state index in [4.69, 9.17) is 10.5 Å². The zero-order valence-electron chi connectivity index (χ0n) is 6.92. The van der Waals surface area contributed by atoms with Crippen molar-refractivity contribution in [2.24, 2.45) is 5.73 Å². The van der Waals surface area contributed by atoms with Gasteiger partial charge >= 0.3 is 0 Å². The zero-order valence-corrected chi connectivity index (χ0v) is 8.63. The fourth-order valence-corrected chi connectivity index (χ4v) is 3.15. The quantitative estimate of drug-likeness (QED) is 0.726. The van der Waals surface area contributed by atoms with Crippen LogP contribution in [0.4, 0.5) is 0 Å². The van der Waals surface area contributed by atoms with Gasteiger partial charge in [0.15, 0.2) is 5.48 Å². The molecule has 0 radical (unpaired) electrons. The molecule has 2 nitrogen and oxygen atoms in total. The molecule has 0 aliphatic carbocycles. The molecule has 62 valence electrons. The molecule has 1 atom stereocenters. The van der Waals surface area contributed by atoms with Gasteiger partial charge in [-0.05, 0) is 29.0 Å². The van der Waals surface area contributed by atoms with E-state index in [1.165, 1.54) is 17.7 Å². The molecule has 0 aliphatic heterocycles. The molecule has 0 saturated carbocycles. The van der Waals surface area contributed by atoms with E-state index in [0.717, 1.165) is 5.48 Å². The van der Waals surface area contributed by atoms with E-state index in [1.807, 2.05) is 6.92 Å². The van der Waals surface area contributed by atoms with Gasteiger partial charge in [-0.2, -0.15) is 0 Å². The summed E-state index contributed by atoms with van der Waals surface area (Å²) >= 11 is 1.77. The highest BCUT2D eigenvalue weighted by molar-refractivity contribution is 7.44. The van der Waals surface area contributed by atoms with Crippen LogP contribution in [0.5, 0.6) is 5.48 Å². The van der Waals surface area contributed by atoms with Gasteiger partial charge in [0.2, 0.25) is 0 Å². The maximum Gasteiger partial charge on any atom is 0.161 e. The lowest BCUT2D eigenvalue weighted by molar-refractivity contribution is 0.237. The van der Waals surface area contributed by atoms with Gasteiger partial charge in [0.05, 0.1) is 0 Å². The minimum absolute atomic E-state index is 0.195. The molecule has 0 saturated heterocycles. The molecule has 11 heavy (non-hydrogen) atoms. The molecule has 0 aromatic carbocycles. The number of nitrogens with two attached hydrogens (primary N) is 1. The average molecular weight is 189 g/mol. The summed E-state index contributed by atoms with van der Waals surface area (Å²) < 4.78 is 6.76. The fourth-order valence-electron chi connectivity index (χ4n) is 0.795. The molecule has 2 N–H and O–H groups in total. The fraction of sp³-hybridized carbons (Fsp3) is 0.571. The van der Waals surface area contributed by atoms with Gasteiger partial charge in [0, 0.05) is 9.49 Å². The van der Waals surface area contributed by atoms with Crippen molar-refractivity contribution in [1.82, 2.24) is 0 Å². The van der Waals surface area contributed by atoms with Crippen LogP contribution in [0.25, 0.3) is 0 Å². The molecular formula is C7H12NOPS. The lowest BCUT2D eigenvalue weighted by Crippen LogP contribution is -2.22. The smallest absolute Gasteiger partial charge is 0.161 e. The number of ether oxygens (including phenoxy) is 1. The van der Waals surface area contributed by atoms with Crippen LogP contribution in [0, 0.1) is 13.8 Å². The Labute approximate surface area is 72.5 Å². The molecule has 0 bridgehead atoms. The van der Waals surface area contributed by atoms with E-state index in [9.17, 15) is 0 Å². The molecule has 0 amide bonds. The first-order valence-electron chi connectivity index (χ1n) is 3.46. The standard InChI is InChI=1S/C7H12NOPS/c1-4-7(9-5(2)8)10-6(3)11-4/h5H,8H2,1-3H3. The Kier molecular flexibility index (Phi) is 2.88. The lowest BCUT2D eigenvalue weighted by atomic mass is 10.6. The molecule has 1 aromatic heterocycles. The number of hydrogen-bond donors (Lipinski definition) is 1. The second-order valence-electron chi connectivity index (χ2n) is 2.42. The van der Waals surface area contributed by atoms with Crippen molar-refractivity contribution in [3.8, 4) is 5.48 Å². The largest absolute Gasteiger partial charge is 0.470 e. The van der Waals surface area contributed by atoms with E-state index in [-0.39, 0.29) is 6.23 Å². The third-order valence-corrected chi connectivity index (χ3v) is 3.60. The minimum Gasteiger partial charge on any atom is -0.470 e. The van der Waals surface area contributed by atoms with Crippen LogP contribution < -0.4 is 10.5 Å². The zero-order chi connectivity index (χ0) is 8.43. The maximum atomic E-state index is 5.50. The van der Waals surface area contributed by atoms with Crippen molar-refractivity contribution in [3.05, 3.63) is 9.49 Å². The van der Waals surface area contributed by atoms with E-state index >= 15 is 0 Å². The van der Waals surface area contributed by atoms with Crippen LogP contribution in [0.2, 0.25) is 0 Å². The number of aryl methyl sites for hydroxylation is 2. The lowest BCUT2D eigenvalue weighted by Gasteiger charge is -2.06. The highest BCUT2D eigenvalue weighted by atomic mass is 32.1. The van der Waals surface area contributed by atoms with Crippen LogP contribution in [0.15, 0.2) is 0 Å². The normalized spacial score (nSPS) is 13.8. The summed E-state index contributed by atoms with van der Waals surface area (Å²) in [6.07, 6.45) is -0.195. The highest BCUT2D eigenvalue weighted by Gasteiger charge is 2.05. The first kappa shape index (κ1) is 8.98. The summed E-state index contributed by atoms with van der Waals surface area (Å²) in [6.45, 7) is 6.01. The van der Waals surface area contributed by atoms with E-state index in [2.05, 4.69) is 13.8 Å². The van der Waals surface area contributed by atoms with Gasteiger partial charge in [-0.3, -0.25) is 5.73 Å². The number of rotatable bonds is 2. The predicted octanol–water partition coefficient (Wildman–Crippen LogP) is 2.63. The van der Waals surface area contributed by atoms with E-state index in [1.54, 1.807) is 11.3 Å². The van der Waals surface area contributed by atoms with Crippen molar-refractivity contribution in [2.45, 2.75) is 27.0 Å². The highest BCUT2D eigenvalue weighted by Crippen LogP contribution is 2.38.